The number of thioether (sulfide) groups is 1. The van der Waals surface area contributed by atoms with Crippen LogP contribution in [0.2, 0.25) is 10.0 Å². The third kappa shape index (κ3) is 5.61. The normalized spacial score (nSPS) is 16.7. The Morgan fingerprint density at radius 2 is 1.84 bits per heavy atom. The molecule has 0 spiro atoms. The Kier molecular flexibility index (Phi) is 8.15. The zero-order valence-electron chi connectivity index (χ0n) is 18.7. The number of benzene rings is 2. The maximum Gasteiger partial charge on any atom is 0.266 e. The van der Waals surface area contributed by atoms with Crippen LogP contribution in [0, 0.1) is 0 Å². The molecule has 8 heteroatoms. The number of rotatable bonds is 7. The van der Waals surface area contributed by atoms with E-state index < -0.39 is 0 Å². The molecule has 2 aromatic carbocycles. The van der Waals surface area contributed by atoms with Gasteiger partial charge in [0.1, 0.15) is 6.61 Å². The molecule has 0 radical (unpaired) electrons. The molecule has 1 heterocycles. The van der Waals surface area contributed by atoms with Gasteiger partial charge in [0.15, 0.2) is 16.7 Å². The summed E-state index contributed by atoms with van der Waals surface area (Å²) in [6.45, 7) is 8.18. The molecule has 0 unspecified atom stereocenters. The molecule has 3 rings (SSSR count). The minimum atomic E-state index is -0.0708. The maximum atomic E-state index is 13.0. The second-order valence-corrected chi connectivity index (χ2v) is 9.62. The molecule has 1 amide bonds. The molecule has 1 aliphatic rings. The van der Waals surface area contributed by atoms with Gasteiger partial charge in [0, 0.05) is 22.7 Å². The molecular weight excluding hydrogens is 467 g/mol. The first-order valence-electron chi connectivity index (χ1n) is 10.3. The number of hydrogen-bond donors (Lipinski definition) is 0. The van der Waals surface area contributed by atoms with Crippen molar-refractivity contribution in [2.45, 2.75) is 46.4 Å². The smallest absolute Gasteiger partial charge is 0.266 e. The summed E-state index contributed by atoms with van der Waals surface area (Å²) >= 11 is 14.1. The van der Waals surface area contributed by atoms with Crippen LogP contribution in [-0.4, -0.2) is 35.2 Å². The molecular formula is C24H26Cl2N2O3S. The summed E-state index contributed by atoms with van der Waals surface area (Å²) in [5.41, 5.74) is 1.58. The van der Waals surface area contributed by atoms with Crippen molar-refractivity contribution in [3.8, 4) is 11.5 Å². The van der Waals surface area contributed by atoms with Gasteiger partial charge in [-0.2, -0.15) is 0 Å². The SMILES string of the molecule is COc1cc(/C=C2/SC(=NC(C)C)N(C(C)C)C2=O)cc(Cl)c1OCc1ccccc1Cl. The molecule has 32 heavy (non-hydrogen) atoms. The van der Waals surface area contributed by atoms with E-state index in [4.69, 9.17) is 32.7 Å². The Morgan fingerprint density at radius 3 is 2.47 bits per heavy atom. The molecule has 0 aliphatic carbocycles. The van der Waals surface area contributed by atoms with E-state index in [-0.39, 0.29) is 24.6 Å². The van der Waals surface area contributed by atoms with Gasteiger partial charge in [0.25, 0.3) is 5.91 Å². The summed E-state index contributed by atoms with van der Waals surface area (Å²) in [5, 5.41) is 1.72. The summed E-state index contributed by atoms with van der Waals surface area (Å²) in [7, 11) is 1.55. The zero-order chi connectivity index (χ0) is 23.4. The molecule has 170 valence electrons. The summed E-state index contributed by atoms with van der Waals surface area (Å²) in [6.07, 6.45) is 1.80. The first-order chi connectivity index (χ1) is 15.2. The fourth-order valence-corrected chi connectivity index (χ4v) is 4.83. The number of methoxy groups -OCH3 is 1. The van der Waals surface area contributed by atoms with Crippen molar-refractivity contribution in [2.24, 2.45) is 4.99 Å². The Morgan fingerprint density at radius 1 is 1.12 bits per heavy atom. The average Bonchev–Trinajstić information content (AvgIpc) is 3.02. The van der Waals surface area contributed by atoms with Gasteiger partial charge in [-0.3, -0.25) is 14.7 Å². The zero-order valence-corrected chi connectivity index (χ0v) is 21.0. The van der Waals surface area contributed by atoms with Crippen LogP contribution < -0.4 is 9.47 Å². The second kappa shape index (κ2) is 10.6. The van der Waals surface area contributed by atoms with E-state index in [1.807, 2.05) is 52.0 Å². The van der Waals surface area contributed by atoms with E-state index in [0.717, 1.165) is 11.1 Å². The molecule has 0 N–H and O–H groups in total. The Hall–Kier alpha value is -2.15. The van der Waals surface area contributed by atoms with E-state index in [1.165, 1.54) is 11.8 Å². The number of hydrogen-bond acceptors (Lipinski definition) is 5. The predicted octanol–water partition coefficient (Wildman–Crippen LogP) is 6.67. The van der Waals surface area contributed by atoms with E-state index in [9.17, 15) is 4.79 Å². The van der Waals surface area contributed by atoms with Gasteiger partial charge in [-0.25, -0.2) is 0 Å². The van der Waals surface area contributed by atoms with E-state index >= 15 is 0 Å². The quantitative estimate of drug-likeness (QED) is 0.404. The van der Waals surface area contributed by atoms with Crippen molar-refractivity contribution in [1.82, 2.24) is 4.90 Å². The molecule has 0 bridgehead atoms. The van der Waals surface area contributed by atoms with Crippen LogP contribution in [0.1, 0.15) is 38.8 Å². The molecule has 5 nitrogen and oxygen atoms in total. The van der Waals surface area contributed by atoms with Crippen molar-refractivity contribution in [2.75, 3.05) is 7.11 Å². The molecule has 0 atom stereocenters. The minimum Gasteiger partial charge on any atom is -0.493 e. The lowest BCUT2D eigenvalue weighted by Gasteiger charge is -2.20. The van der Waals surface area contributed by atoms with Gasteiger partial charge >= 0.3 is 0 Å². The second-order valence-electron chi connectivity index (χ2n) is 7.80. The highest BCUT2D eigenvalue weighted by Gasteiger charge is 2.35. The molecule has 1 saturated heterocycles. The highest BCUT2D eigenvalue weighted by molar-refractivity contribution is 8.18. The van der Waals surface area contributed by atoms with Gasteiger partial charge in [0.05, 0.1) is 17.0 Å². The molecule has 0 aromatic heterocycles. The van der Waals surface area contributed by atoms with Crippen LogP contribution >= 0.6 is 35.0 Å². The number of amidine groups is 1. The van der Waals surface area contributed by atoms with Crippen LogP contribution in [0.25, 0.3) is 6.08 Å². The van der Waals surface area contributed by atoms with Gasteiger partial charge < -0.3 is 9.47 Å². The van der Waals surface area contributed by atoms with Crippen LogP contribution in [0.3, 0.4) is 0 Å². The van der Waals surface area contributed by atoms with Crippen LogP contribution in [0.5, 0.6) is 11.5 Å². The molecule has 1 aliphatic heterocycles. The van der Waals surface area contributed by atoms with Gasteiger partial charge in [-0.05, 0) is 69.3 Å². The van der Waals surface area contributed by atoms with Crippen molar-refractivity contribution in [3.63, 3.8) is 0 Å². The fraction of sp³-hybridized carbons (Fsp3) is 0.333. The summed E-state index contributed by atoms with van der Waals surface area (Å²) in [6, 6.07) is 11.1. The molecule has 1 fully saturated rings. The van der Waals surface area contributed by atoms with Crippen molar-refractivity contribution in [3.05, 3.63) is 62.5 Å². The summed E-state index contributed by atoms with van der Waals surface area (Å²) in [5.74, 6) is 0.828. The van der Waals surface area contributed by atoms with Crippen molar-refractivity contribution >= 4 is 52.1 Å². The first-order valence-corrected chi connectivity index (χ1v) is 11.8. The molecule has 2 aromatic rings. The van der Waals surface area contributed by atoms with E-state index in [2.05, 4.69) is 4.99 Å². The fourth-order valence-electron chi connectivity index (χ4n) is 3.13. The van der Waals surface area contributed by atoms with E-state index in [0.29, 0.717) is 31.6 Å². The monoisotopic (exact) mass is 492 g/mol. The van der Waals surface area contributed by atoms with Crippen LogP contribution in [0.15, 0.2) is 46.3 Å². The van der Waals surface area contributed by atoms with Gasteiger partial charge in [-0.15, -0.1) is 0 Å². The highest BCUT2D eigenvalue weighted by atomic mass is 35.5. The number of carbonyl (C=O) groups excluding carboxylic acids is 1. The Balaban J connectivity index is 1.89. The van der Waals surface area contributed by atoms with E-state index in [1.54, 1.807) is 30.2 Å². The number of ether oxygens (including phenoxy) is 2. The third-order valence-corrected chi connectivity index (χ3v) is 6.25. The maximum absolute atomic E-state index is 13.0. The predicted molar refractivity (Wildman–Crippen MR) is 134 cm³/mol. The number of nitrogens with zero attached hydrogens (tertiary/aromatic N) is 2. The summed E-state index contributed by atoms with van der Waals surface area (Å²) in [4.78, 5) is 19.9. The van der Waals surface area contributed by atoms with Gasteiger partial charge in [0.2, 0.25) is 0 Å². The number of amides is 1. The largest absolute Gasteiger partial charge is 0.493 e. The Labute approximate surface area is 203 Å². The lowest BCUT2D eigenvalue weighted by Crippen LogP contribution is -2.35. The third-order valence-electron chi connectivity index (χ3n) is 4.60. The van der Waals surface area contributed by atoms with Gasteiger partial charge in [-0.1, -0.05) is 41.4 Å². The lowest BCUT2D eigenvalue weighted by molar-refractivity contribution is -0.123. The summed E-state index contributed by atoms with van der Waals surface area (Å²) < 4.78 is 11.4. The van der Waals surface area contributed by atoms with Crippen molar-refractivity contribution in [1.29, 1.82) is 0 Å². The number of aliphatic imine (C=N–C) groups is 1. The van der Waals surface area contributed by atoms with Crippen molar-refractivity contribution < 1.29 is 14.3 Å². The number of halogens is 2. The average molecular weight is 493 g/mol. The first kappa shape index (κ1) is 24.5. The lowest BCUT2D eigenvalue weighted by atomic mass is 10.1. The number of carbonyl (C=O) groups is 1. The molecule has 0 saturated carbocycles. The van der Waals surface area contributed by atoms with Crippen LogP contribution in [-0.2, 0) is 11.4 Å². The standard InChI is InChI=1S/C24H26Cl2N2O3S/c1-14(2)27-24-28(15(3)4)23(29)21(32-24)12-16-10-19(26)22(20(11-16)30-5)31-13-17-8-6-7-9-18(17)25/h6-12,14-15H,13H2,1-5H3/b21-12+,27-24?. The Bertz CT molecular complexity index is 1070. The minimum absolute atomic E-state index is 0.0112. The highest BCUT2D eigenvalue weighted by Crippen LogP contribution is 2.40. The topological polar surface area (TPSA) is 51.1 Å². The van der Waals surface area contributed by atoms with Crippen LogP contribution in [0.4, 0.5) is 0 Å².